The van der Waals surface area contributed by atoms with Crippen molar-refractivity contribution in [2.24, 2.45) is 5.73 Å². The summed E-state index contributed by atoms with van der Waals surface area (Å²) in [6.45, 7) is 1.83. The molecule has 2 aliphatic heterocycles. The number of benzene rings is 2. The molecule has 3 atom stereocenters. The molecule has 0 spiro atoms. The Hall–Kier alpha value is -2.66. The minimum Gasteiger partial charge on any atom is -0.339 e. The minimum atomic E-state index is -0.349. The van der Waals surface area contributed by atoms with Gasteiger partial charge in [0.05, 0.1) is 6.42 Å². The Labute approximate surface area is 166 Å². The van der Waals surface area contributed by atoms with Crippen LogP contribution in [0.4, 0.5) is 0 Å². The summed E-state index contributed by atoms with van der Waals surface area (Å²) in [6.07, 6.45) is 1.96. The zero-order chi connectivity index (χ0) is 19.5. The number of carbonyl (C=O) groups is 2. The lowest BCUT2D eigenvalue weighted by atomic mass is 9.95. The predicted molar refractivity (Wildman–Crippen MR) is 109 cm³/mol. The van der Waals surface area contributed by atoms with Crippen molar-refractivity contribution in [1.82, 2.24) is 9.80 Å². The van der Waals surface area contributed by atoms with Crippen LogP contribution in [0.25, 0.3) is 0 Å². The van der Waals surface area contributed by atoms with Crippen molar-refractivity contribution < 1.29 is 9.59 Å². The normalized spacial score (nSPS) is 24.5. The topological polar surface area (TPSA) is 66.6 Å². The average molecular weight is 377 g/mol. The standard InChI is InChI=1S/C23H27N3O2/c24-20-16-25(15-19(20)18-10-5-2-6-11-18)23(28)21-12-7-13-26(21)22(27)14-17-8-3-1-4-9-17/h1-6,8-11,19-21H,7,12-16,24H2/t19-,20+,21?/m0/s1. The van der Waals surface area contributed by atoms with Crippen molar-refractivity contribution >= 4 is 11.8 Å². The summed E-state index contributed by atoms with van der Waals surface area (Å²) in [6, 6.07) is 19.4. The number of amides is 2. The summed E-state index contributed by atoms with van der Waals surface area (Å²) < 4.78 is 0. The highest BCUT2D eigenvalue weighted by atomic mass is 16.2. The molecule has 0 saturated carbocycles. The molecular formula is C23H27N3O2. The van der Waals surface area contributed by atoms with E-state index in [0.717, 1.165) is 18.4 Å². The van der Waals surface area contributed by atoms with Crippen molar-refractivity contribution in [2.45, 2.75) is 37.3 Å². The summed E-state index contributed by atoms with van der Waals surface area (Å²) in [5.41, 5.74) is 8.52. The summed E-state index contributed by atoms with van der Waals surface area (Å²) in [5.74, 6) is 0.234. The summed E-state index contributed by atoms with van der Waals surface area (Å²) >= 11 is 0. The largest absolute Gasteiger partial charge is 0.339 e. The van der Waals surface area contributed by atoms with Crippen molar-refractivity contribution in [1.29, 1.82) is 0 Å². The SMILES string of the molecule is N[C@@H]1CN(C(=O)C2CCCN2C(=O)Cc2ccccc2)C[C@H]1c1ccccc1. The van der Waals surface area contributed by atoms with Gasteiger partial charge in [0.15, 0.2) is 0 Å². The van der Waals surface area contributed by atoms with Crippen LogP contribution >= 0.6 is 0 Å². The monoisotopic (exact) mass is 377 g/mol. The molecule has 2 N–H and O–H groups in total. The third kappa shape index (κ3) is 3.80. The van der Waals surface area contributed by atoms with Gasteiger partial charge in [-0.2, -0.15) is 0 Å². The fourth-order valence-corrected chi connectivity index (χ4v) is 4.47. The van der Waals surface area contributed by atoms with Crippen LogP contribution in [-0.2, 0) is 16.0 Å². The highest BCUT2D eigenvalue weighted by molar-refractivity contribution is 5.89. The lowest BCUT2D eigenvalue weighted by Crippen LogP contribution is -2.48. The lowest BCUT2D eigenvalue weighted by molar-refractivity contribution is -0.142. The van der Waals surface area contributed by atoms with E-state index < -0.39 is 0 Å². The fraction of sp³-hybridized carbons (Fsp3) is 0.391. The molecule has 2 fully saturated rings. The molecule has 2 amide bonds. The van der Waals surface area contributed by atoms with Gasteiger partial charge in [-0.05, 0) is 24.0 Å². The summed E-state index contributed by atoms with van der Waals surface area (Å²) in [7, 11) is 0. The van der Waals surface area contributed by atoms with Crippen LogP contribution in [0.3, 0.4) is 0 Å². The molecule has 2 aliphatic rings. The second-order valence-electron chi connectivity index (χ2n) is 7.83. The molecule has 5 nitrogen and oxygen atoms in total. The van der Waals surface area contributed by atoms with E-state index in [1.807, 2.05) is 53.4 Å². The molecule has 1 unspecified atom stereocenters. The van der Waals surface area contributed by atoms with Crippen LogP contribution in [0.1, 0.15) is 29.9 Å². The molecule has 0 aliphatic carbocycles. The van der Waals surface area contributed by atoms with Crippen molar-refractivity contribution in [3.63, 3.8) is 0 Å². The van der Waals surface area contributed by atoms with Gasteiger partial charge in [-0.25, -0.2) is 0 Å². The van der Waals surface area contributed by atoms with Gasteiger partial charge >= 0.3 is 0 Å². The molecule has 4 rings (SSSR count). The number of carbonyl (C=O) groups excluding carboxylic acids is 2. The van der Waals surface area contributed by atoms with Gasteiger partial charge in [-0.3, -0.25) is 9.59 Å². The Kier molecular flexibility index (Phi) is 5.44. The maximum Gasteiger partial charge on any atom is 0.245 e. The Morgan fingerprint density at radius 2 is 1.64 bits per heavy atom. The van der Waals surface area contributed by atoms with Gasteiger partial charge in [0, 0.05) is 31.6 Å². The quantitative estimate of drug-likeness (QED) is 0.888. The maximum atomic E-state index is 13.2. The zero-order valence-corrected chi connectivity index (χ0v) is 16.0. The number of hydrogen-bond donors (Lipinski definition) is 1. The molecule has 2 aromatic carbocycles. The van der Waals surface area contributed by atoms with E-state index >= 15 is 0 Å². The minimum absolute atomic E-state index is 0.0326. The molecule has 2 heterocycles. The first kappa shape index (κ1) is 18.7. The van der Waals surface area contributed by atoms with Crippen LogP contribution in [0, 0.1) is 0 Å². The molecule has 0 aromatic heterocycles. The van der Waals surface area contributed by atoms with Crippen LogP contribution in [0.2, 0.25) is 0 Å². The van der Waals surface area contributed by atoms with Crippen molar-refractivity contribution in [3.8, 4) is 0 Å². The molecule has 0 radical (unpaired) electrons. The van der Waals surface area contributed by atoms with Gasteiger partial charge in [0.1, 0.15) is 6.04 Å². The van der Waals surface area contributed by atoms with Gasteiger partial charge in [-0.15, -0.1) is 0 Å². The first-order valence-electron chi connectivity index (χ1n) is 10.1. The summed E-state index contributed by atoms with van der Waals surface area (Å²) in [5, 5.41) is 0. The molecule has 2 saturated heterocycles. The number of likely N-dealkylation sites (tertiary alicyclic amines) is 2. The van der Waals surface area contributed by atoms with Gasteiger partial charge in [0.25, 0.3) is 0 Å². The van der Waals surface area contributed by atoms with E-state index in [9.17, 15) is 9.59 Å². The Morgan fingerprint density at radius 3 is 2.36 bits per heavy atom. The van der Waals surface area contributed by atoms with Crippen LogP contribution in [0.15, 0.2) is 60.7 Å². The molecule has 5 heteroatoms. The average Bonchev–Trinajstić information content (AvgIpc) is 3.36. The number of rotatable bonds is 4. The molecule has 2 aromatic rings. The molecular weight excluding hydrogens is 350 g/mol. The molecule has 28 heavy (non-hydrogen) atoms. The highest BCUT2D eigenvalue weighted by Crippen LogP contribution is 2.29. The van der Waals surface area contributed by atoms with E-state index in [1.54, 1.807) is 4.90 Å². The van der Waals surface area contributed by atoms with Crippen LogP contribution < -0.4 is 5.73 Å². The van der Waals surface area contributed by atoms with Gasteiger partial charge < -0.3 is 15.5 Å². The van der Waals surface area contributed by atoms with Crippen molar-refractivity contribution in [2.75, 3.05) is 19.6 Å². The Bertz CT molecular complexity index is 824. The van der Waals surface area contributed by atoms with E-state index in [0.29, 0.717) is 26.1 Å². The third-order valence-corrected chi connectivity index (χ3v) is 5.96. The first-order chi connectivity index (χ1) is 13.6. The van der Waals surface area contributed by atoms with E-state index in [4.69, 9.17) is 5.73 Å². The second kappa shape index (κ2) is 8.15. The van der Waals surface area contributed by atoms with Crippen molar-refractivity contribution in [3.05, 3.63) is 71.8 Å². The van der Waals surface area contributed by atoms with Crippen LogP contribution in [0.5, 0.6) is 0 Å². The maximum absolute atomic E-state index is 13.2. The molecule has 146 valence electrons. The number of nitrogens with zero attached hydrogens (tertiary/aromatic N) is 2. The molecule has 0 bridgehead atoms. The van der Waals surface area contributed by atoms with Crippen LogP contribution in [-0.4, -0.2) is 53.3 Å². The summed E-state index contributed by atoms with van der Waals surface area (Å²) in [4.78, 5) is 29.7. The number of nitrogens with two attached hydrogens (primary N) is 1. The highest BCUT2D eigenvalue weighted by Gasteiger charge is 2.41. The zero-order valence-electron chi connectivity index (χ0n) is 16.0. The second-order valence-corrected chi connectivity index (χ2v) is 7.83. The first-order valence-corrected chi connectivity index (χ1v) is 10.1. The Morgan fingerprint density at radius 1 is 0.964 bits per heavy atom. The lowest BCUT2D eigenvalue weighted by Gasteiger charge is -2.28. The van der Waals surface area contributed by atoms with E-state index in [1.165, 1.54) is 5.56 Å². The number of hydrogen-bond acceptors (Lipinski definition) is 3. The predicted octanol–water partition coefficient (Wildman–Crippen LogP) is 2.17. The third-order valence-electron chi connectivity index (χ3n) is 5.96. The fourth-order valence-electron chi connectivity index (χ4n) is 4.47. The van der Waals surface area contributed by atoms with Gasteiger partial charge in [0.2, 0.25) is 11.8 Å². The Balaban J connectivity index is 1.43. The van der Waals surface area contributed by atoms with E-state index in [-0.39, 0.29) is 29.8 Å². The van der Waals surface area contributed by atoms with Gasteiger partial charge in [-0.1, -0.05) is 60.7 Å². The smallest absolute Gasteiger partial charge is 0.245 e. The van der Waals surface area contributed by atoms with E-state index in [2.05, 4.69) is 12.1 Å².